The standard InChI is InChI=1S/C14H12FNOS/c1-9-12(15)6-3-7-13(9)16-14(17)10-4-2-5-11(18)8-10/h2-8,18H,1H3,(H,16,17). The Kier molecular flexibility index (Phi) is 3.67. The first kappa shape index (κ1) is 12.6. The molecule has 2 aromatic rings. The predicted octanol–water partition coefficient (Wildman–Crippen LogP) is 3.68. The van der Waals surface area contributed by atoms with Crippen molar-refractivity contribution in [2.24, 2.45) is 0 Å². The molecule has 0 radical (unpaired) electrons. The number of hydrogen-bond donors (Lipinski definition) is 2. The van der Waals surface area contributed by atoms with Crippen molar-refractivity contribution in [1.82, 2.24) is 0 Å². The van der Waals surface area contributed by atoms with Crippen LogP contribution >= 0.6 is 12.6 Å². The van der Waals surface area contributed by atoms with Crippen molar-refractivity contribution in [2.75, 3.05) is 5.32 Å². The van der Waals surface area contributed by atoms with Crippen molar-refractivity contribution in [3.63, 3.8) is 0 Å². The van der Waals surface area contributed by atoms with Crippen molar-refractivity contribution < 1.29 is 9.18 Å². The lowest BCUT2D eigenvalue weighted by Gasteiger charge is -2.09. The summed E-state index contributed by atoms with van der Waals surface area (Å²) in [6.45, 7) is 1.62. The Bertz CT molecular complexity index is 598. The molecule has 0 saturated heterocycles. The molecule has 0 unspecified atom stereocenters. The second kappa shape index (κ2) is 5.23. The Balaban J connectivity index is 2.24. The fourth-order valence-corrected chi connectivity index (χ4v) is 1.81. The van der Waals surface area contributed by atoms with Crippen LogP contribution in [0.3, 0.4) is 0 Å². The van der Waals surface area contributed by atoms with Gasteiger partial charge in [-0.25, -0.2) is 4.39 Å². The highest BCUT2D eigenvalue weighted by molar-refractivity contribution is 7.80. The van der Waals surface area contributed by atoms with E-state index in [2.05, 4.69) is 17.9 Å². The van der Waals surface area contributed by atoms with Crippen LogP contribution in [0.1, 0.15) is 15.9 Å². The van der Waals surface area contributed by atoms with E-state index in [1.807, 2.05) is 0 Å². The van der Waals surface area contributed by atoms with E-state index < -0.39 is 0 Å². The molecule has 2 aromatic carbocycles. The number of carbonyl (C=O) groups excluding carboxylic acids is 1. The molecule has 18 heavy (non-hydrogen) atoms. The minimum Gasteiger partial charge on any atom is -0.322 e. The first-order valence-electron chi connectivity index (χ1n) is 5.43. The zero-order valence-electron chi connectivity index (χ0n) is 9.77. The molecule has 0 bridgehead atoms. The lowest BCUT2D eigenvalue weighted by atomic mass is 10.1. The van der Waals surface area contributed by atoms with Gasteiger partial charge in [0.2, 0.25) is 0 Å². The molecule has 0 atom stereocenters. The maximum atomic E-state index is 13.3. The Labute approximate surface area is 110 Å². The number of nitrogens with one attached hydrogen (secondary N) is 1. The van der Waals surface area contributed by atoms with Crippen molar-refractivity contribution in [1.29, 1.82) is 0 Å². The quantitative estimate of drug-likeness (QED) is 0.793. The molecule has 0 saturated carbocycles. The number of thiol groups is 1. The van der Waals surface area contributed by atoms with Gasteiger partial charge in [-0.1, -0.05) is 12.1 Å². The van der Waals surface area contributed by atoms with Crippen molar-refractivity contribution >= 4 is 24.2 Å². The van der Waals surface area contributed by atoms with E-state index in [4.69, 9.17) is 0 Å². The van der Waals surface area contributed by atoms with Crippen LogP contribution in [-0.4, -0.2) is 5.91 Å². The van der Waals surface area contributed by atoms with Crippen LogP contribution in [0.5, 0.6) is 0 Å². The lowest BCUT2D eigenvalue weighted by molar-refractivity contribution is 0.102. The van der Waals surface area contributed by atoms with E-state index in [-0.39, 0.29) is 11.7 Å². The smallest absolute Gasteiger partial charge is 0.255 e. The van der Waals surface area contributed by atoms with E-state index in [0.29, 0.717) is 21.7 Å². The largest absolute Gasteiger partial charge is 0.322 e. The van der Waals surface area contributed by atoms with E-state index >= 15 is 0 Å². The summed E-state index contributed by atoms with van der Waals surface area (Å²) in [6.07, 6.45) is 0. The number of rotatable bonds is 2. The summed E-state index contributed by atoms with van der Waals surface area (Å²) in [5, 5.41) is 2.68. The molecule has 0 heterocycles. The average Bonchev–Trinajstić information content (AvgIpc) is 2.35. The molecule has 1 amide bonds. The van der Waals surface area contributed by atoms with Gasteiger partial charge in [0.1, 0.15) is 5.82 Å². The third-order valence-corrected chi connectivity index (χ3v) is 2.90. The Morgan fingerprint density at radius 2 is 1.94 bits per heavy atom. The molecule has 1 N–H and O–H groups in total. The molecule has 2 rings (SSSR count). The average molecular weight is 261 g/mol. The topological polar surface area (TPSA) is 29.1 Å². The highest BCUT2D eigenvalue weighted by Crippen LogP contribution is 2.18. The van der Waals surface area contributed by atoms with E-state index in [0.717, 1.165) is 0 Å². The van der Waals surface area contributed by atoms with Crippen LogP contribution in [0.15, 0.2) is 47.4 Å². The van der Waals surface area contributed by atoms with Crippen LogP contribution in [0.4, 0.5) is 10.1 Å². The van der Waals surface area contributed by atoms with Gasteiger partial charge in [0.15, 0.2) is 0 Å². The number of hydrogen-bond acceptors (Lipinski definition) is 2. The highest BCUT2D eigenvalue weighted by atomic mass is 32.1. The van der Waals surface area contributed by atoms with Crippen LogP contribution in [0, 0.1) is 12.7 Å². The molecule has 2 nitrogen and oxygen atoms in total. The number of amides is 1. The van der Waals surface area contributed by atoms with Gasteiger partial charge >= 0.3 is 0 Å². The van der Waals surface area contributed by atoms with Crippen LogP contribution < -0.4 is 5.32 Å². The Morgan fingerprint density at radius 1 is 1.22 bits per heavy atom. The lowest BCUT2D eigenvalue weighted by Crippen LogP contribution is -2.13. The Hall–Kier alpha value is -1.81. The van der Waals surface area contributed by atoms with E-state index in [1.54, 1.807) is 43.3 Å². The first-order valence-corrected chi connectivity index (χ1v) is 5.88. The SMILES string of the molecule is Cc1c(F)cccc1NC(=O)c1cccc(S)c1. The molecule has 0 fully saturated rings. The predicted molar refractivity (Wildman–Crippen MR) is 72.8 cm³/mol. The minimum atomic E-state index is -0.337. The van der Waals surface area contributed by atoms with Gasteiger partial charge in [0.05, 0.1) is 0 Å². The van der Waals surface area contributed by atoms with Crippen LogP contribution in [0.25, 0.3) is 0 Å². The first-order chi connectivity index (χ1) is 8.58. The summed E-state index contributed by atoms with van der Waals surface area (Å²) in [7, 11) is 0. The second-order valence-electron chi connectivity index (χ2n) is 3.92. The third-order valence-electron chi connectivity index (χ3n) is 2.62. The summed E-state index contributed by atoms with van der Waals surface area (Å²) in [5.41, 5.74) is 1.39. The van der Waals surface area contributed by atoms with E-state index in [9.17, 15) is 9.18 Å². The van der Waals surface area contributed by atoms with E-state index in [1.165, 1.54) is 6.07 Å². The normalized spacial score (nSPS) is 10.2. The molecule has 0 aromatic heterocycles. The van der Waals surface area contributed by atoms with Crippen molar-refractivity contribution in [3.8, 4) is 0 Å². The zero-order valence-corrected chi connectivity index (χ0v) is 10.7. The van der Waals surface area contributed by atoms with Crippen molar-refractivity contribution in [3.05, 3.63) is 59.4 Å². The number of anilines is 1. The third kappa shape index (κ3) is 2.71. The van der Waals surface area contributed by atoms with Crippen LogP contribution in [-0.2, 0) is 0 Å². The minimum absolute atomic E-state index is 0.278. The number of benzene rings is 2. The molecule has 92 valence electrons. The molecule has 0 spiro atoms. The molecule has 0 aliphatic rings. The molecule has 0 aliphatic heterocycles. The summed E-state index contributed by atoms with van der Waals surface area (Å²) < 4.78 is 13.3. The van der Waals surface area contributed by atoms with Gasteiger partial charge < -0.3 is 5.32 Å². The monoisotopic (exact) mass is 261 g/mol. The highest BCUT2D eigenvalue weighted by Gasteiger charge is 2.09. The molecular formula is C14H12FNOS. The summed E-state index contributed by atoms with van der Waals surface area (Å²) in [5.74, 6) is -0.615. The number of carbonyl (C=O) groups is 1. The molecule has 4 heteroatoms. The van der Waals surface area contributed by atoms with Gasteiger partial charge in [-0.15, -0.1) is 12.6 Å². The van der Waals surface area contributed by atoms with Crippen LogP contribution in [0.2, 0.25) is 0 Å². The summed E-state index contributed by atoms with van der Waals surface area (Å²) >= 11 is 4.17. The summed E-state index contributed by atoms with van der Waals surface area (Å²) in [6, 6.07) is 11.5. The molecule has 0 aliphatic carbocycles. The fourth-order valence-electron chi connectivity index (χ4n) is 1.58. The van der Waals surface area contributed by atoms with Gasteiger partial charge in [0, 0.05) is 21.7 Å². The maximum absolute atomic E-state index is 13.3. The zero-order chi connectivity index (χ0) is 13.1. The summed E-state index contributed by atoms with van der Waals surface area (Å²) in [4.78, 5) is 12.7. The van der Waals surface area contributed by atoms with Gasteiger partial charge in [0.25, 0.3) is 5.91 Å². The second-order valence-corrected chi connectivity index (χ2v) is 4.43. The van der Waals surface area contributed by atoms with Gasteiger partial charge in [-0.2, -0.15) is 0 Å². The number of halogens is 1. The van der Waals surface area contributed by atoms with Gasteiger partial charge in [-0.05, 0) is 37.3 Å². The van der Waals surface area contributed by atoms with Crippen molar-refractivity contribution in [2.45, 2.75) is 11.8 Å². The maximum Gasteiger partial charge on any atom is 0.255 e. The molecular weight excluding hydrogens is 249 g/mol. The van der Waals surface area contributed by atoms with Gasteiger partial charge in [-0.3, -0.25) is 4.79 Å². The fraction of sp³-hybridized carbons (Fsp3) is 0.0714. The Morgan fingerprint density at radius 3 is 2.67 bits per heavy atom.